The van der Waals surface area contributed by atoms with Gasteiger partial charge in [0.05, 0.1) is 12.5 Å². The number of aliphatic hydroxyl groups excluding tert-OH is 1. The minimum atomic E-state index is -0.769. The molecule has 0 saturated heterocycles. The van der Waals surface area contributed by atoms with Gasteiger partial charge in [-0.2, -0.15) is 0 Å². The van der Waals surface area contributed by atoms with E-state index < -0.39 is 5.97 Å². The number of aliphatic hydroxyl groups is 1. The largest absolute Gasteiger partial charge is 0.481 e. The van der Waals surface area contributed by atoms with Gasteiger partial charge in [0.2, 0.25) is 0 Å². The molecule has 1 rings (SSSR count). The Hall–Kier alpha value is -0.870. The van der Waals surface area contributed by atoms with Crippen molar-refractivity contribution in [2.45, 2.75) is 39.0 Å². The first kappa shape index (κ1) is 15.2. The number of carbonyl (C=O) groups is 1. The smallest absolute Gasteiger partial charge is 0.307 e. The molecule has 18 heavy (non-hydrogen) atoms. The number of allylic oxidation sites excluding steroid dienone is 1. The molecule has 0 fully saturated rings. The number of hydrogen-bond donors (Lipinski definition) is 2. The predicted octanol–water partition coefficient (Wildman–Crippen LogP) is 1.89. The van der Waals surface area contributed by atoms with E-state index in [0.717, 1.165) is 13.0 Å². The highest BCUT2D eigenvalue weighted by Gasteiger charge is 2.16. The van der Waals surface area contributed by atoms with Crippen molar-refractivity contribution < 1.29 is 15.0 Å². The van der Waals surface area contributed by atoms with Crippen molar-refractivity contribution in [1.82, 2.24) is 4.90 Å². The SMILES string of the molecule is CC(CN(CCO)CCC1=CCCCC1)C(=O)O. The van der Waals surface area contributed by atoms with Crippen LogP contribution in [-0.2, 0) is 4.79 Å². The van der Waals surface area contributed by atoms with Crippen molar-refractivity contribution in [2.75, 3.05) is 26.2 Å². The topological polar surface area (TPSA) is 60.8 Å². The summed E-state index contributed by atoms with van der Waals surface area (Å²) in [4.78, 5) is 12.9. The monoisotopic (exact) mass is 255 g/mol. The molecule has 4 nitrogen and oxygen atoms in total. The van der Waals surface area contributed by atoms with Crippen molar-refractivity contribution in [3.05, 3.63) is 11.6 Å². The number of aliphatic carboxylic acids is 1. The van der Waals surface area contributed by atoms with Crippen LogP contribution in [0.1, 0.15) is 39.0 Å². The van der Waals surface area contributed by atoms with Crippen LogP contribution in [0.15, 0.2) is 11.6 Å². The van der Waals surface area contributed by atoms with Crippen LogP contribution >= 0.6 is 0 Å². The molecule has 4 heteroatoms. The molecule has 0 heterocycles. The van der Waals surface area contributed by atoms with Crippen LogP contribution in [0.3, 0.4) is 0 Å². The summed E-state index contributed by atoms with van der Waals surface area (Å²) in [6, 6.07) is 0. The average molecular weight is 255 g/mol. The minimum absolute atomic E-state index is 0.0887. The molecule has 0 aliphatic heterocycles. The average Bonchev–Trinajstić information content (AvgIpc) is 2.37. The highest BCUT2D eigenvalue weighted by atomic mass is 16.4. The number of carboxylic acids is 1. The van der Waals surface area contributed by atoms with Gasteiger partial charge >= 0.3 is 5.97 Å². The first-order valence-corrected chi connectivity index (χ1v) is 6.87. The van der Waals surface area contributed by atoms with E-state index >= 15 is 0 Å². The van der Waals surface area contributed by atoms with Crippen LogP contribution < -0.4 is 0 Å². The molecule has 2 N–H and O–H groups in total. The van der Waals surface area contributed by atoms with Gasteiger partial charge in [-0.05, 0) is 32.1 Å². The maximum Gasteiger partial charge on any atom is 0.307 e. The Bertz CT molecular complexity index is 289. The fourth-order valence-electron chi connectivity index (χ4n) is 2.33. The summed E-state index contributed by atoms with van der Waals surface area (Å²) in [6.07, 6.45) is 8.26. The van der Waals surface area contributed by atoms with Crippen LogP contribution in [0, 0.1) is 5.92 Å². The maximum atomic E-state index is 10.8. The summed E-state index contributed by atoms with van der Waals surface area (Å²) >= 11 is 0. The van der Waals surface area contributed by atoms with Crippen molar-refractivity contribution in [1.29, 1.82) is 0 Å². The Morgan fingerprint density at radius 2 is 2.22 bits per heavy atom. The maximum absolute atomic E-state index is 10.8. The number of rotatable bonds is 8. The van der Waals surface area contributed by atoms with Gasteiger partial charge in [-0.25, -0.2) is 0 Å². The third-order valence-electron chi connectivity index (χ3n) is 3.50. The number of carboxylic acid groups (broad SMARTS) is 1. The van der Waals surface area contributed by atoms with Crippen LogP contribution in [0.25, 0.3) is 0 Å². The van der Waals surface area contributed by atoms with E-state index in [1.807, 2.05) is 4.90 Å². The molecule has 0 saturated carbocycles. The van der Waals surface area contributed by atoms with E-state index in [9.17, 15) is 4.79 Å². The highest BCUT2D eigenvalue weighted by molar-refractivity contribution is 5.69. The van der Waals surface area contributed by atoms with Gasteiger partial charge in [0.25, 0.3) is 0 Å². The lowest BCUT2D eigenvalue weighted by Gasteiger charge is -2.24. The number of hydrogen-bond acceptors (Lipinski definition) is 3. The molecule has 0 radical (unpaired) electrons. The lowest BCUT2D eigenvalue weighted by molar-refractivity contribution is -0.141. The lowest BCUT2D eigenvalue weighted by atomic mass is 9.97. The van der Waals surface area contributed by atoms with Crippen molar-refractivity contribution in [2.24, 2.45) is 5.92 Å². The fraction of sp³-hybridized carbons (Fsp3) is 0.786. The minimum Gasteiger partial charge on any atom is -0.481 e. The third kappa shape index (κ3) is 5.65. The van der Waals surface area contributed by atoms with Crippen LogP contribution in [0.2, 0.25) is 0 Å². The molecule has 0 bridgehead atoms. The highest BCUT2D eigenvalue weighted by Crippen LogP contribution is 2.20. The molecular weight excluding hydrogens is 230 g/mol. The van der Waals surface area contributed by atoms with Gasteiger partial charge in [0.15, 0.2) is 0 Å². The summed E-state index contributed by atoms with van der Waals surface area (Å²) in [6.45, 7) is 3.73. The summed E-state index contributed by atoms with van der Waals surface area (Å²) in [7, 11) is 0. The lowest BCUT2D eigenvalue weighted by Crippen LogP contribution is -2.35. The van der Waals surface area contributed by atoms with Crippen LogP contribution in [0.5, 0.6) is 0 Å². The zero-order valence-electron chi connectivity index (χ0n) is 11.3. The van der Waals surface area contributed by atoms with Gasteiger partial charge in [0.1, 0.15) is 0 Å². The van der Waals surface area contributed by atoms with Crippen molar-refractivity contribution in [3.63, 3.8) is 0 Å². The molecular formula is C14H25NO3. The molecule has 104 valence electrons. The molecule has 1 aliphatic carbocycles. The van der Waals surface area contributed by atoms with E-state index in [0.29, 0.717) is 13.1 Å². The fourth-order valence-corrected chi connectivity index (χ4v) is 2.33. The predicted molar refractivity (Wildman–Crippen MR) is 71.5 cm³/mol. The summed E-state index contributed by atoms with van der Waals surface area (Å²) in [5.74, 6) is -1.15. The molecule has 1 unspecified atom stereocenters. The van der Waals surface area contributed by atoms with E-state index in [4.69, 9.17) is 10.2 Å². The van der Waals surface area contributed by atoms with E-state index in [2.05, 4.69) is 6.08 Å². The first-order chi connectivity index (χ1) is 8.63. The van der Waals surface area contributed by atoms with Gasteiger partial charge in [-0.15, -0.1) is 0 Å². The molecule has 0 spiro atoms. The Labute approximate surface area is 109 Å². The zero-order valence-corrected chi connectivity index (χ0v) is 11.3. The second-order valence-corrected chi connectivity index (χ2v) is 5.12. The first-order valence-electron chi connectivity index (χ1n) is 6.87. The molecule has 1 atom stereocenters. The molecule has 1 aliphatic rings. The zero-order chi connectivity index (χ0) is 13.4. The molecule has 0 amide bonds. The Morgan fingerprint density at radius 3 is 2.78 bits per heavy atom. The molecule has 0 aromatic rings. The standard InChI is InChI=1S/C14H25NO3/c1-12(14(17)18)11-15(9-10-16)8-7-13-5-3-2-4-6-13/h5,12,16H,2-4,6-11H2,1H3,(H,17,18). The Balaban J connectivity index is 2.36. The third-order valence-corrected chi connectivity index (χ3v) is 3.50. The second kappa shape index (κ2) is 8.27. The summed E-state index contributed by atoms with van der Waals surface area (Å²) < 4.78 is 0. The van der Waals surface area contributed by atoms with Crippen LogP contribution in [0.4, 0.5) is 0 Å². The van der Waals surface area contributed by atoms with Gasteiger partial charge in [-0.3, -0.25) is 9.69 Å². The summed E-state index contributed by atoms with van der Waals surface area (Å²) in [5.41, 5.74) is 1.49. The quantitative estimate of drug-likeness (QED) is 0.650. The van der Waals surface area contributed by atoms with Gasteiger partial charge < -0.3 is 10.2 Å². The normalized spacial score (nSPS) is 17.6. The van der Waals surface area contributed by atoms with E-state index in [1.165, 1.54) is 31.3 Å². The van der Waals surface area contributed by atoms with Gasteiger partial charge in [0, 0.05) is 19.6 Å². The van der Waals surface area contributed by atoms with E-state index in [-0.39, 0.29) is 12.5 Å². The molecule has 0 aromatic carbocycles. The van der Waals surface area contributed by atoms with Crippen molar-refractivity contribution >= 4 is 5.97 Å². The summed E-state index contributed by atoms with van der Waals surface area (Å²) in [5, 5.41) is 17.9. The van der Waals surface area contributed by atoms with Crippen LogP contribution in [-0.4, -0.2) is 47.3 Å². The second-order valence-electron chi connectivity index (χ2n) is 5.12. The van der Waals surface area contributed by atoms with E-state index in [1.54, 1.807) is 6.92 Å². The number of nitrogens with zero attached hydrogens (tertiary/aromatic N) is 1. The van der Waals surface area contributed by atoms with Gasteiger partial charge in [-0.1, -0.05) is 18.6 Å². The Kier molecular flexibility index (Phi) is 6.98. The Morgan fingerprint density at radius 1 is 1.44 bits per heavy atom. The molecule has 0 aromatic heterocycles. The van der Waals surface area contributed by atoms with Crippen molar-refractivity contribution in [3.8, 4) is 0 Å².